The Hall–Kier alpha value is -2.05. The molecule has 0 saturated carbocycles. The molecule has 0 aromatic rings. The number of esters is 1. The molecule has 3 aliphatic heterocycles. The smallest absolute Gasteiger partial charge is 0.334 e. The molecule has 0 aromatic carbocycles. The Morgan fingerprint density at radius 2 is 1.92 bits per heavy atom. The Bertz CT molecular complexity index is 769. The number of aliphatic hydroxyl groups is 1. The van der Waals surface area contributed by atoms with Crippen LogP contribution in [0.1, 0.15) is 40.5 Å². The fraction of sp³-hybridized carbons (Fsp3) is 0.550. The van der Waals surface area contributed by atoms with Crippen molar-refractivity contribution >= 4 is 17.5 Å². The van der Waals surface area contributed by atoms with Crippen LogP contribution in [0.15, 0.2) is 34.9 Å². The van der Waals surface area contributed by atoms with Crippen LogP contribution in [0.4, 0.5) is 0 Å². The fourth-order valence-electron chi connectivity index (χ4n) is 3.93. The number of carbonyl (C=O) groups excluding carboxylic acids is 3. The first-order valence-electron chi connectivity index (χ1n) is 8.81. The number of fused-ring (bicyclic) bond motifs is 3. The minimum atomic E-state index is -2.27. The first kappa shape index (κ1) is 18.7. The SMILES string of the molecule is C=C(C)[C@@H]1CCC2=C[C@@H](OC2=O)C(=C(C)C)C(=O)[C@@]2(O)OC1C(=O)[C@@H]2C. The zero-order valence-corrected chi connectivity index (χ0v) is 15.5. The molecular formula is C20H24O6. The van der Waals surface area contributed by atoms with Crippen molar-refractivity contribution in [3.63, 3.8) is 0 Å². The van der Waals surface area contributed by atoms with Crippen molar-refractivity contribution in [1.29, 1.82) is 0 Å². The molecule has 3 heterocycles. The molecule has 1 fully saturated rings. The lowest BCUT2D eigenvalue weighted by Gasteiger charge is -2.29. The van der Waals surface area contributed by atoms with E-state index >= 15 is 0 Å². The molecule has 3 aliphatic rings. The van der Waals surface area contributed by atoms with Crippen LogP contribution < -0.4 is 0 Å². The fourth-order valence-corrected chi connectivity index (χ4v) is 3.93. The summed E-state index contributed by atoms with van der Waals surface area (Å²) in [5.41, 5.74) is 1.93. The molecule has 0 spiro atoms. The molecule has 3 rings (SSSR count). The van der Waals surface area contributed by atoms with E-state index in [1.54, 1.807) is 26.8 Å². The van der Waals surface area contributed by atoms with Gasteiger partial charge < -0.3 is 14.6 Å². The standard InChI is InChI=1S/C20H24O6/c1-9(2)13-7-6-12-8-14(25-19(12)23)15(10(3)4)18(22)20(24)11(5)16(21)17(13)26-20/h8,11,13-14,17,24H,1,6-7H2,2-5H3/t11-,13-,14+,17?,20-/m0/s1. The molecule has 5 atom stereocenters. The van der Waals surface area contributed by atoms with Crippen LogP contribution in [0.2, 0.25) is 0 Å². The van der Waals surface area contributed by atoms with Crippen LogP contribution in [-0.2, 0) is 23.9 Å². The van der Waals surface area contributed by atoms with Gasteiger partial charge in [-0.05, 0) is 46.6 Å². The van der Waals surface area contributed by atoms with Gasteiger partial charge in [-0.25, -0.2) is 4.79 Å². The predicted molar refractivity (Wildman–Crippen MR) is 92.9 cm³/mol. The highest BCUT2D eigenvalue weighted by molar-refractivity contribution is 6.08. The van der Waals surface area contributed by atoms with Crippen LogP contribution in [0.25, 0.3) is 0 Å². The second-order valence-electron chi connectivity index (χ2n) is 7.61. The van der Waals surface area contributed by atoms with Gasteiger partial charge in [-0.3, -0.25) is 9.59 Å². The van der Waals surface area contributed by atoms with Gasteiger partial charge in [-0.2, -0.15) is 0 Å². The quantitative estimate of drug-likeness (QED) is 0.437. The highest BCUT2D eigenvalue weighted by Gasteiger charge is 2.59. The maximum absolute atomic E-state index is 13.2. The van der Waals surface area contributed by atoms with Crippen LogP contribution >= 0.6 is 0 Å². The molecule has 4 bridgehead atoms. The zero-order valence-electron chi connectivity index (χ0n) is 15.5. The number of ether oxygens (including phenoxy) is 2. The molecule has 6 nitrogen and oxygen atoms in total. The van der Waals surface area contributed by atoms with Gasteiger partial charge in [0.25, 0.3) is 0 Å². The molecule has 0 amide bonds. The number of hydrogen-bond acceptors (Lipinski definition) is 6. The van der Waals surface area contributed by atoms with E-state index in [1.165, 1.54) is 6.92 Å². The number of allylic oxidation sites excluding steroid dienone is 1. The van der Waals surface area contributed by atoms with Gasteiger partial charge in [0, 0.05) is 17.1 Å². The van der Waals surface area contributed by atoms with E-state index < -0.39 is 41.6 Å². The van der Waals surface area contributed by atoms with Gasteiger partial charge in [-0.15, -0.1) is 0 Å². The molecule has 140 valence electrons. The summed E-state index contributed by atoms with van der Waals surface area (Å²) in [5.74, 6) is -5.20. The van der Waals surface area contributed by atoms with Crippen LogP contribution in [0.3, 0.4) is 0 Å². The lowest BCUT2D eigenvalue weighted by atomic mass is 9.82. The summed E-state index contributed by atoms with van der Waals surface area (Å²) in [6.45, 7) is 10.6. The Kier molecular flexibility index (Phi) is 4.53. The highest BCUT2D eigenvalue weighted by Crippen LogP contribution is 2.42. The Balaban J connectivity index is 2.16. The first-order valence-corrected chi connectivity index (χ1v) is 8.81. The minimum absolute atomic E-state index is 0.157. The van der Waals surface area contributed by atoms with Crippen LogP contribution in [-0.4, -0.2) is 40.6 Å². The predicted octanol–water partition coefficient (Wildman–Crippen LogP) is 2.02. The van der Waals surface area contributed by atoms with Gasteiger partial charge in [0.1, 0.15) is 12.2 Å². The monoisotopic (exact) mass is 360 g/mol. The van der Waals surface area contributed by atoms with Crippen molar-refractivity contribution < 1.29 is 29.0 Å². The first-order chi connectivity index (χ1) is 12.1. The maximum atomic E-state index is 13.2. The number of ketones is 2. The zero-order chi connectivity index (χ0) is 19.4. The van der Waals surface area contributed by atoms with Crippen LogP contribution in [0, 0.1) is 11.8 Å². The average Bonchev–Trinajstić information content (AvgIpc) is 3.00. The van der Waals surface area contributed by atoms with Crippen molar-refractivity contribution in [2.75, 3.05) is 0 Å². The summed E-state index contributed by atoms with van der Waals surface area (Å²) in [6.07, 6.45) is 0.637. The van der Waals surface area contributed by atoms with Crippen molar-refractivity contribution in [3.8, 4) is 0 Å². The topological polar surface area (TPSA) is 89.9 Å². The van der Waals surface area contributed by atoms with E-state index in [9.17, 15) is 19.5 Å². The summed E-state index contributed by atoms with van der Waals surface area (Å²) < 4.78 is 11.1. The molecule has 6 heteroatoms. The number of carbonyl (C=O) groups is 3. The van der Waals surface area contributed by atoms with Crippen molar-refractivity contribution in [2.45, 2.75) is 58.5 Å². The Morgan fingerprint density at radius 1 is 1.27 bits per heavy atom. The van der Waals surface area contributed by atoms with E-state index in [4.69, 9.17) is 9.47 Å². The molecule has 0 radical (unpaired) electrons. The average molecular weight is 360 g/mol. The Labute approximate surface area is 152 Å². The molecular weight excluding hydrogens is 336 g/mol. The van der Waals surface area contributed by atoms with E-state index in [0.717, 1.165) is 0 Å². The van der Waals surface area contributed by atoms with E-state index in [-0.39, 0.29) is 11.4 Å². The van der Waals surface area contributed by atoms with Crippen molar-refractivity contribution in [2.24, 2.45) is 11.8 Å². The summed E-state index contributed by atoms with van der Waals surface area (Å²) in [4.78, 5) is 38.2. The molecule has 1 saturated heterocycles. The summed E-state index contributed by atoms with van der Waals surface area (Å²) in [5, 5.41) is 11.0. The van der Waals surface area contributed by atoms with E-state index in [0.29, 0.717) is 29.6 Å². The summed E-state index contributed by atoms with van der Waals surface area (Å²) in [6, 6.07) is 0. The maximum Gasteiger partial charge on any atom is 0.334 e. The molecule has 0 aromatic heterocycles. The van der Waals surface area contributed by atoms with Crippen LogP contribution in [0.5, 0.6) is 0 Å². The third-order valence-corrected chi connectivity index (χ3v) is 5.57. The number of rotatable bonds is 1. The summed E-state index contributed by atoms with van der Waals surface area (Å²) in [7, 11) is 0. The number of hydrogen-bond donors (Lipinski definition) is 1. The second-order valence-corrected chi connectivity index (χ2v) is 7.61. The summed E-state index contributed by atoms with van der Waals surface area (Å²) >= 11 is 0. The van der Waals surface area contributed by atoms with E-state index in [2.05, 4.69) is 6.58 Å². The van der Waals surface area contributed by atoms with E-state index in [1.807, 2.05) is 0 Å². The second kappa shape index (κ2) is 6.28. The molecule has 26 heavy (non-hydrogen) atoms. The number of Topliss-reactive ketones (excluding diaryl/α,β-unsaturated/α-hetero) is 2. The molecule has 1 N–H and O–H groups in total. The highest BCUT2D eigenvalue weighted by atomic mass is 16.6. The lowest BCUT2D eigenvalue weighted by Crippen LogP contribution is -2.47. The Morgan fingerprint density at radius 3 is 2.50 bits per heavy atom. The van der Waals surface area contributed by atoms with Crippen molar-refractivity contribution in [1.82, 2.24) is 0 Å². The third-order valence-electron chi connectivity index (χ3n) is 5.57. The molecule has 1 unspecified atom stereocenters. The van der Waals surface area contributed by atoms with Gasteiger partial charge in [0.05, 0.1) is 5.92 Å². The third kappa shape index (κ3) is 2.68. The minimum Gasteiger partial charge on any atom is -0.450 e. The largest absolute Gasteiger partial charge is 0.450 e. The van der Waals surface area contributed by atoms with Gasteiger partial charge >= 0.3 is 5.97 Å². The van der Waals surface area contributed by atoms with Crippen molar-refractivity contribution in [3.05, 3.63) is 34.9 Å². The lowest BCUT2D eigenvalue weighted by molar-refractivity contribution is -0.210. The van der Waals surface area contributed by atoms with Gasteiger partial charge in [0.15, 0.2) is 5.78 Å². The normalized spacial score (nSPS) is 37.2. The van der Waals surface area contributed by atoms with Gasteiger partial charge in [-0.1, -0.05) is 17.7 Å². The van der Waals surface area contributed by atoms with Gasteiger partial charge in [0.2, 0.25) is 11.6 Å². The molecule has 0 aliphatic carbocycles.